The molecule has 0 spiro atoms. The summed E-state index contributed by atoms with van der Waals surface area (Å²) in [5.41, 5.74) is 7.79. The number of hydrogen-bond donors (Lipinski definition) is 3. The second kappa shape index (κ2) is 8.88. The fraction of sp³-hybridized carbons (Fsp3) is 0.211. The van der Waals surface area contributed by atoms with Crippen molar-refractivity contribution in [3.05, 3.63) is 48.5 Å². The van der Waals surface area contributed by atoms with Crippen LogP contribution in [0.25, 0.3) is 20.8 Å². The van der Waals surface area contributed by atoms with E-state index >= 15 is 0 Å². The van der Waals surface area contributed by atoms with Crippen LogP contribution in [0.5, 0.6) is 0 Å². The average Bonchev–Trinajstić information content (AvgIpc) is 3.09. The number of benzene rings is 2. The van der Waals surface area contributed by atoms with Gasteiger partial charge in [0.25, 0.3) is 0 Å². The molecule has 2 aromatic carbocycles. The highest BCUT2D eigenvalue weighted by molar-refractivity contribution is 7.98. The fourth-order valence-electron chi connectivity index (χ4n) is 2.60. The molecule has 3 amide bonds. The maximum atomic E-state index is 12.4. The maximum absolute atomic E-state index is 12.4. The van der Waals surface area contributed by atoms with Crippen LogP contribution in [0.4, 0.5) is 10.5 Å². The number of primary amides is 1. The number of thiazole rings is 1. The van der Waals surface area contributed by atoms with Gasteiger partial charge in [-0.1, -0.05) is 12.1 Å². The maximum Gasteiger partial charge on any atom is 0.312 e. The zero-order valence-electron chi connectivity index (χ0n) is 14.8. The first-order chi connectivity index (χ1) is 13.1. The lowest BCUT2D eigenvalue weighted by atomic mass is 10.2. The van der Waals surface area contributed by atoms with Crippen molar-refractivity contribution in [2.24, 2.45) is 5.73 Å². The Hall–Kier alpha value is -2.58. The molecule has 0 aliphatic rings. The molecule has 4 N–H and O–H groups in total. The van der Waals surface area contributed by atoms with Gasteiger partial charge in [0, 0.05) is 11.3 Å². The van der Waals surface area contributed by atoms with Crippen LogP contribution < -0.4 is 16.4 Å². The van der Waals surface area contributed by atoms with Gasteiger partial charge in [0.1, 0.15) is 11.0 Å². The Balaban J connectivity index is 1.70. The summed E-state index contributed by atoms with van der Waals surface area (Å²) in [6.07, 6.45) is 2.46. The highest BCUT2D eigenvalue weighted by atomic mass is 32.2. The zero-order valence-corrected chi connectivity index (χ0v) is 16.4. The van der Waals surface area contributed by atoms with Crippen LogP contribution in [0.2, 0.25) is 0 Å². The molecule has 0 aliphatic heterocycles. The van der Waals surface area contributed by atoms with Gasteiger partial charge >= 0.3 is 6.03 Å². The predicted molar refractivity (Wildman–Crippen MR) is 113 cm³/mol. The van der Waals surface area contributed by atoms with E-state index in [2.05, 4.69) is 15.6 Å². The average molecular weight is 401 g/mol. The van der Waals surface area contributed by atoms with E-state index in [0.717, 1.165) is 26.5 Å². The lowest BCUT2D eigenvalue weighted by molar-refractivity contribution is -0.117. The molecule has 27 heavy (non-hydrogen) atoms. The summed E-state index contributed by atoms with van der Waals surface area (Å²) in [4.78, 5) is 28.2. The molecule has 0 saturated carbocycles. The minimum atomic E-state index is -0.706. The third-order valence-corrected chi connectivity index (χ3v) is 5.67. The third kappa shape index (κ3) is 4.99. The molecule has 0 unspecified atom stereocenters. The summed E-state index contributed by atoms with van der Waals surface area (Å²) in [6, 6.07) is 14.1. The van der Waals surface area contributed by atoms with Gasteiger partial charge in [-0.25, -0.2) is 9.78 Å². The number of nitrogens with one attached hydrogen (secondary N) is 2. The number of nitrogens with two attached hydrogens (primary N) is 1. The number of anilines is 1. The topological polar surface area (TPSA) is 97.1 Å². The molecular formula is C19H20N4O2S2. The van der Waals surface area contributed by atoms with Crippen molar-refractivity contribution in [2.75, 3.05) is 17.3 Å². The van der Waals surface area contributed by atoms with Crippen LogP contribution in [0.1, 0.15) is 6.42 Å². The van der Waals surface area contributed by atoms with E-state index in [-0.39, 0.29) is 5.91 Å². The Kier molecular flexibility index (Phi) is 6.31. The molecule has 0 saturated heterocycles. The van der Waals surface area contributed by atoms with Gasteiger partial charge in [-0.3, -0.25) is 4.79 Å². The van der Waals surface area contributed by atoms with E-state index in [1.807, 2.05) is 54.8 Å². The van der Waals surface area contributed by atoms with Crippen LogP contribution in [0.15, 0.2) is 48.5 Å². The quantitative estimate of drug-likeness (QED) is 0.563. The minimum absolute atomic E-state index is 0.282. The highest BCUT2D eigenvalue weighted by Crippen LogP contribution is 2.30. The highest BCUT2D eigenvalue weighted by Gasteiger charge is 2.19. The largest absolute Gasteiger partial charge is 0.352 e. The zero-order chi connectivity index (χ0) is 19.2. The number of rotatable bonds is 7. The fourth-order valence-corrected chi connectivity index (χ4v) is 4.04. The van der Waals surface area contributed by atoms with Crippen molar-refractivity contribution in [1.82, 2.24) is 10.3 Å². The number of para-hydroxylation sites is 1. The van der Waals surface area contributed by atoms with E-state index in [9.17, 15) is 9.59 Å². The van der Waals surface area contributed by atoms with Crippen LogP contribution >= 0.6 is 23.1 Å². The van der Waals surface area contributed by atoms with Crippen molar-refractivity contribution in [3.8, 4) is 10.6 Å². The summed E-state index contributed by atoms with van der Waals surface area (Å²) >= 11 is 3.23. The van der Waals surface area contributed by atoms with E-state index in [1.54, 1.807) is 23.1 Å². The van der Waals surface area contributed by atoms with Gasteiger partial charge in [-0.05, 0) is 54.8 Å². The Morgan fingerprint density at radius 2 is 1.93 bits per heavy atom. The van der Waals surface area contributed by atoms with E-state index < -0.39 is 12.1 Å². The van der Waals surface area contributed by atoms with Gasteiger partial charge in [-0.2, -0.15) is 11.8 Å². The van der Waals surface area contributed by atoms with Gasteiger partial charge in [-0.15, -0.1) is 11.3 Å². The smallest absolute Gasteiger partial charge is 0.312 e. The van der Waals surface area contributed by atoms with Crippen LogP contribution in [-0.4, -0.2) is 35.0 Å². The molecule has 8 heteroatoms. The molecule has 140 valence electrons. The summed E-state index contributed by atoms with van der Waals surface area (Å²) in [7, 11) is 0. The number of thioether (sulfide) groups is 1. The number of urea groups is 1. The molecule has 0 bridgehead atoms. The summed E-state index contributed by atoms with van der Waals surface area (Å²) in [5, 5.41) is 6.25. The monoisotopic (exact) mass is 400 g/mol. The summed E-state index contributed by atoms with van der Waals surface area (Å²) in [6.45, 7) is 0. The molecule has 0 fully saturated rings. The number of nitrogens with zero attached hydrogens (tertiary/aromatic N) is 1. The molecule has 1 heterocycles. The predicted octanol–water partition coefficient (Wildman–Crippen LogP) is 3.69. The van der Waals surface area contributed by atoms with Crippen molar-refractivity contribution in [3.63, 3.8) is 0 Å². The van der Waals surface area contributed by atoms with E-state index in [0.29, 0.717) is 12.1 Å². The number of fused-ring (bicyclic) bond motifs is 1. The Labute approximate surface area is 165 Å². The SMILES string of the molecule is CSCC[C@@H](NC(N)=O)C(=O)Nc1ccc(-c2nc3ccccc3s2)cc1. The third-order valence-electron chi connectivity index (χ3n) is 3.94. The van der Waals surface area contributed by atoms with Gasteiger partial charge < -0.3 is 16.4 Å². The van der Waals surface area contributed by atoms with Gasteiger partial charge in [0.05, 0.1) is 10.2 Å². The second-order valence-electron chi connectivity index (χ2n) is 5.90. The lowest BCUT2D eigenvalue weighted by Gasteiger charge is -2.17. The molecule has 1 atom stereocenters. The Morgan fingerprint density at radius 1 is 1.19 bits per heavy atom. The Bertz CT molecular complexity index is 907. The van der Waals surface area contributed by atoms with Crippen LogP contribution in [-0.2, 0) is 4.79 Å². The molecule has 0 aliphatic carbocycles. The number of carbonyl (C=O) groups is 2. The summed E-state index contributed by atoms with van der Waals surface area (Å²) in [5.74, 6) is 0.463. The Morgan fingerprint density at radius 3 is 2.59 bits per heavy atom. The molecule has 3 rings (SSSR count). The van der Waals surface area contributed by atoms with E-state index in [4.69, 9.17) is 5.73 Å². The van der Waals surface area contributed by atoms with Crippen molar-refractivity contribution in [2.45, 2.75) is 12.5 Å². The number of aromatic nitrogens is 1. The second-order valence-corrected chi connectivity index (χ2v) is 7.91. The van der Waals surface area contributed by atoms with Gasteiger partial charge in [0.2, 0.25) is 5.91 Å². The van der Waals surface area contributed by atoms with E-state index in [1.165, 1.54) is 0 Å². The number of amides is 3. The first kappa shape index (κ1) is 19.2. The molecule has 6 nitrogen and oxygen atoms in total. The molecule has 0 radical (unpaired) electrons. The minimum Gasteiger partial charge on any atom is -0.352 e. The van der Waals surface area contributed by atoms with Crippen LogP contribution in [0.3, 0.4) is 0 Å². The number of hydrogen-bond acceptors (Lipinski definition) is 5. The molecule has 3 aromatic rings. The van der Waals surface area contributed by atoms with Gasteiger partial charge in [0.15, 0.2) is 0 Å². The first-order valence-electron chi connectivity index (χ1n) is 8.38. The number of carbonyl (C=O) groups excluding carboxylic acids is 2. The van der Waals surface area contributed by atoms with Crippen molar-refractivity contribution < 1.29 is 9.59 Å². The van der Waals surface area contributed by atoms with Crippen molar-refractivity contribution in [1.29, 1.82) is 0 Å². The van der Waals surface area contributed by atoms with Crippen LogP contribution in [0, 0.1) is 0 Å². The summed E-state index contributed by atoms with van der Waals surface area (Å²) < 4.78 is 1.14. The lowest BCUT2D eigenvalue weighted by Crippen LogP contribution is -2.46. The molecule has 1 aromatic heterocycles. The first-order valence-corrected chi connectivity index (χ1v) is 10.6. The normalized spacial score (nSPS) is 11.9. The van der Waals surface area contributed by atoms with Crippen molar-refractivity contribution >= 4 is 50.9 Å². The standard InChI is InChI=1S/C19H20N4O2S2/c1-26-11-10-15(23-19(20)25)17(24)21-13-8-6-12(7-9-13)18-22-14-4-2-3-5-16(14)27-18/h2-9,15H,10-11H2,1H3,(H,21,24)(H3,20,23,25)/t15-/m1/s1. The molecular weight excluding hydrogens is 380 g/mol.